The van der Waals surface area contributed by atoms with Gasteiger partial charge in [0, 0.05) is 0 Å². The van der Waals surface area contributed by atoms with Crippen LogP contribution in [0.1, 0.15) is 23.8 Å². The molecule has 0 aliphatic heterocycles. The van der Waals surface area contributed by atoms with Crippen LogP contribution in [0.15, 0.2) is 59.0 Å². The molecule has 1 aliphatic carbocycles. The van der Waals surface area contributed by atoms with Crippen molar-refractivity contribution in [2.24, 2.45) is 5.92 Å². The zero-order valence-corrected chi connectivity index (χ0v) is 11.6. The molecule has 106 valence electrons. The van der Waals surface area contributed by atoms with Gasteiger partial charge < -0.3 is 9.52 Å². The van der Waals surface area contributed by atoms with Gasteiger partial charge in [0.15, 0.2) is 11.5 Å². The van der Waals surface area contributed by atoms with Crippen LogP contribution in [0.25, 0.3) is 11.1 Å². The van der Waals surface area contributed by atoms with E-state index < -0.39 is 0 Å². The first-order valence-electron chi connectivity index (χ1n) is 7.39. The number of aliphatic hydroxyl groups is 1. The van der Waals surface area contributed by atoms with E-state index in [1.165, 1.54) is 5.56 Å². The standard InChI is InChI=1S/C18H17NO2/c20-16(14-10-13(14)12-6-2-1-3-7-12)11-18-19-15-8-4-5-9-17(15)21-18/h1-9,13-14,16,20H,10-11H2. The van der Waals surface area contributed by atoms with Crippen molar-refractivity contribution >= 4 is 11.1 Å². The van der Waals surface area contributed by atoms with Crippen LogP contribution < -0.4 is 0 Å². The van der Waals surface area contributed by atoms with Crippen molar-refractivity contribution < 1.29 is 9.52 Å². The van der Waals surface area contributed by atoms with Gasteiger partial charge >= 0.3 is 0 Å². The van der Waals surface area contributed by atoms with Crippen LogP contribution in [0.3, 0.4) is 0 Å². The first kappa shape index (κ1) is 12.6. The molecule has 1 aliphatic rings. The summed E-state index contributed by atoms with van der Waals surface area (Å²) in [5.41, 5.74) is 2.96. The Morgan fingerprint density at radius 2 is 1.86 bits per heavy atom. The fraction of sp³-hybridized carbons (Fsp3) is 0.278. The van der Waals surface area contributed by atoms with E-state index in [2.05, 4.69) is 29.2 Å². The van der Waals surface area contributed by atoms with Crippen molar-refractivity contribution in [3.8, 4) is 0 Å². The van der Waals surface area contributed by atoms with Crippen molar-refractivity contribution in [3.05, 3.63) is 66.1 Å². The minimum atomic E-state index is -0.386. The van der Waals surface area contributed by atoms with Crippen LogP contribution in [-0.4, -0.2) is 16.2 Å². The van der Waals surface area contributed by atoms with Gasteiger partial charge in [-0.2, -0.15) is 0 Å². The van der Waals surface area contributed by atoms with Crippen molar-refractivity contribution in [1.82, 2.24) is 4.98 Å². The molecule has 4 rings (SSSR count). The minimum Gasteiger partial charge on any atom is -0.441 e. The third-order valence-electron chi connectivity index (χ3n) is 4.28. The highest BCUT2D eigenvalue weighted by molar-refractivity contribution is 5.72. The summed E-state index contributed by atoms with van der Waals surface area (Å²) in [6, 6.07) is 18.1. The average molecular weight is 279 g/mol. The molecule has 1 fully saturated rings. The molecule has 1 saturated carbocycles. The van der Waals surface area contributed by atoms with E-state index in [4.69, 9.17) is 4.42 Å². The van der Waals surface area contributed by atoms with Gasteiger partial charge in [-0.05, 0) is 36.0 Å². The molecule has 3 aromatic rings. The number of benzene rings is 2. The summed E-state index contributed by atoms with van der Waals surface area (Å²) in [7, 11) is 0. The van der Waals surface area contributed by atoms with Gasteiger partial charge in [0.05, 0.1) is 12.5 Å². The molecule has 0 radical (unpaired) electrons. The van der Waals surface area contributed by atoms with Crippen LogP contribution in [0.4, 0.5) is 0 Å². The molecule has 0 spiro atoms. The molecule has 3 nitrogen and oxygen atoms in total. The molecular formula is C18H17NO2. The van der Waals surface area contributed by atoms with Crippen molar-refractivity contribution in [1.29, 1.82) is 0 Å². The van der Waals surface area contributed by atoms with Crippen molar-refractivity contribution in [2.75, 3.05) is 0 Å². The van der Waals surface area contributed by atoms with Crippen LogP contribution in [0, 0.1) is 5.92 Å². The summed E-state index contributed by atoms with van der Waals surface area (Å²) in [6.07, 6.45) is 1.15. The number of hydrogen-bond donors (Lipinski definition) is 1. The summed E-state index contributed by atoms with van der Waals surface area (Å²) >= 11 is 0. The molecular weight excluding hydrogens is 262 g/mol. The highest BCUT2D eigenvalue weighted by Crippen LogP contribution is 2.50. The maximum Gasteiger partial charge on any atom is 0.198 e. The first-order valence-corrected chi connectivity index (χ1v) is 7.39. The molecule has 1 aromatic heterocycles. The molecule has 0 saturated heterocycles. The van der Waals surface area contributed by atoms with E-state index >= 15 is 0 Å². The Morgan fingerprint density at radius 3 is 2.67 bits per heavy atom. The Balaban J connectivity index is 1.46. The number of aromatic nitrogens is 1. The monoisotopic (exact) mass is 279 g/mol. The van der Waals surface area contributed by atoms with E-state index in [1.807, 2.05) is 30.3 Å². The molecule has 3 atom stereocenters. The Bertz CT molecular complexity index is 717. The van der Waals surface area contributed by atoms with Crippen molar-refractivity contribution in [2.45, 2.75) is 24.9 Å². The highest BCUT2D eigenvalue weighted by Gasteiger charge is 2.43. The number of aliphatic hydroxyl groups excluding tert-OH is 1. The van der Waals surface area contributed by atoms with E-state index in [0.717, 1.165) is 17.5 Å². The third-order valence-corrected chi connectivity index (χ3v) is 4.28. The second kappa shape index (κ2) is 5.01. The Labute approximate surface area is 123 Å². The first-order chi connectivity index (χ1) is 10.3. The van der Waals surface area contributed by atoms with E-state index in [9.17, 15) is 5.11 Å². The summed E-state index contributed by atoms with van der Waals surface area (Å²) in [5, 5.41) is 10.4. The molecule has 0 bridgehead atoms. The van der Waals surface area contributed by atoms with Gasteiger partial charge in [-0.1, -0.05) is 42.5 Å². The lowest BCUT2D eigenvalue weighted by Crippen LogP contribution is -2.14. The zero-order valence-electron chi connectivity index (χ0n) is 11.6. The smallest absolute Gasteiger partial charge is 0.198 e. The van der Waals surface area contributed by atoms with Crippen LogP contribution >= 0.6 is 0 Å². The third kappa shape index (κ3) is 2.45. The molecule has 21 heavy (non-hydrogen) atoms. The van der Waals surface area contributed by atoms with E-state index in [1.54, 1.807) is 0 Å². The maximum atomic E-state index is 10.4. The van der Waals surface area contributed by atoms with Crippen LogP contribution in [-0.2, 0) is 6.42 Å². The van der Waals surface area contributed by atoms with Gasteiger partial charge in [0.1, 0.15) is 5.52 Å². The van der Waals surface area contributed by atoms with Gasteiger partial charge in [-0.15, -0.1) is 0 Å². The lowest BCUT2D eigenvalue weighted by atomic mass is 10.1. The molecule has 3 heteroatoms. The van der Waals surface area contributed by atoms with Gasteiger partial charge in [-0.3, -0.25) is 0 Å². The van der Waals surface area contributed by atoms with Gasteiger partial charge in [-0.25, -0.2) is 4.98 Å². The summed E-state index contributed by atoms with van der Waals surface area (Å²) < 4.78 is 5.69. The lowest BCUT2D eigenvalue weighted by molar-refractivity contribution is 0.141. The maximum absolute atomic E-state index is 10.4. The lowest BCUT2D eigenvalue weighted by Gasteiger charge is -2.07. The highest BCUT2D eigenvalue weighted by atomic mass is 16.4. The fourth-order valence-corrected chi connectivity index (χ4v) is 3.06. The second-order valence-electron chi connectivity index (χ2n) is 5.76. The number of fused-ring (bicyclic) bond motifs is 1. The minimum absolute atomic E-state index is 0.322. The summed E-state index contributed by atoms with van der Waals surface area (Å²) in [4.78, 5) is 4.43. The molecule has 2 aromatic carbocycles. The number of rotatable bonds is 4. The SMILES string of the molecule is OC(Cc1nc2ccccc2o1)C1CC1c1ccccc1. The number of nitrogens with zero attached hydrogens (tertiary/aromatic N) is 1. The number of oxazole rings is 1. The van der Waals surface area contributed by atoms with Crippen LogP contribution in [0.2, 0.25) is 0 Å². The summed E-state index contributed by atoms with van der Waals surface area (Å²) in [6.45, 7) is 0. The Morgan fingerprint density at radius 1 is 1.10 bits per heavy atom. The predicted molar refractivity (Wildman–Crippen MR) is 81.0 cm³/mol. The predicted octanol–water partition coefficient (Wildman–Crippen LogP) is 3.53. The molecule has 1 N–H and O–H groups in total. The fourth-order valence-electron chi connectivity index (χ4n) is 3.06. The van der Waals surface area contributed by atoms with E-state index in [-0.39, 0.29) is 6.10 Å². The zero-order chi connectivity index (χ0) is 14.2. The van der Waals surface area contributed by atoms with Gasteiger partial charge in [0.2, 0.25) is 0 Å². The Hall–Kier alpha value is -2.13. The number of para-hydroxylation sites is 2. The largest absolute Gasteiger partial charge is 0.441 e. The van der Waals surface area contributed by atoms with Crippen LogP contribution in [0.5, 0.6) is 0 Å². The number of hydrogen-bond acceptors (Lipinski definition) is 3. The van der Waals surface area contributed by atoms with Gasteiger partial charge in [0.25, 0.3) is 0 Å². The Kier molecular flexibility index (Phi) is 3.00. The summed E-state index contributed by atoms with van der Waals surface area (Å²) in [5.74, 6) is 1.43. The normalized spacial score (nSPS) is 22.3. The molecule has 1 heterocycles. The molecule has 0 amide bonds. The van der Waals surface area contributed by atoms with Crippen molar-refractivity contribution in [3.63, 3.8) is 0 Å². The second-order valence-corrected chi connectivity index (χ2v) is 5.76. The quantitative estimate of drug-likeness (QED) is 0.794. The topological polar surface area (TPSA) is 46.3 Å². The van der Waals surface area contributed by atoms with E-state index in [0.29, 0.717) is 24.1 Å². The molecule has 3 unspecified atom stereocenters. The average Bonchev–Trinajstić information content (AvgIpc) is 3.22.